The van der Waals surface area contributed by atoms with Crippen molar-refractivity contribution in [2.45, 2.75) is 50.8 Å². The third-order valence-electron chi connectivity index (χ3n) is 5.84. The summed E-state index contributed by atoms with van der Waals surface area (Å²) in [4.78, 5) is 63.2. The molecule has 3 saturated heterocycles. The molecule has 0 aliphatic carbocycles. The first-order valence-corrected chi connectivity index (χ1v) is 10.6. The maximum absolute atomic E-state index is 13.3. The van der Waals surface area contributed by atoms with Crippen molar-refractivity contribution in [2.75, 3.05) is 13.1 Å². The summed E-state index contributed by atoms with van der Waals surface area (Å²) in [6, 6.07) is 6.28. The highest BCUT2D eigenvalue weighted by Crippen LogP contribution is 2.24. The standard InChI is InChI=1S/C21H25N5O6/c1-13-15(12-18(28)32-13)22-20(30)16-8-5-10-25-17(27)9-11-24(21(31)26(16)25)23-19(29)14-6-3-2-4-7-14/h2-4,6-7,13,15-16H,5,8-12H2,1H3,(H,22,30)(H,23,29)/t13?,15-,16-/m0/s1. The number of urea groups is 1. The number of fused-ring (bicyclic) bond motifs is 1. The lowest BCUT2D eigenvalue weighted by molar-refractivity contribution is -0.155. The Kier molecular flexibility index (Phi) is 5.97. The van der Waals surface area contributed by atoms with Gasteiger partial charge < -0.3 is 10.1 Å². The van der Waals surface area contributed by atoms with E-state index in [0.29, 0.717) is 24.9 Å². The molecule has 5 amide bonds. The third-order valence-corrected chi connectivity index (χ3v) is 5.84. The minimum Gasteiger partial charge on any atom is -0.460 e. The third kappa shape index (κ3) is 4.23. The van der Waals surface area contributed by atoms with Gasteiger partial charge in [-0.2, -0.15) is 0 Å². The topological polar surface area (TPSA) is 128 Å². The Morgan fingerprint density at radius 3 is 2.53 bits per heavy atom. The summed E-state index contributed by atoms with van der Waals surface area (Å²) in [6.45, 7) is 1.97. The van der Waals surface area contributed by atoms with Crippen LogP contribution in [0, 0.1) is 0 Å². The van der Waals surface area contributed by atoms with Gasteiger partial charge in [0.15, 0.2) is 0 Å². The molecule has 170 valence electrons. The van der Waals surface area contributed by atoms with E-state index < -0.39 is 42.0 Å². The van der Waals surface area contributed by atoms with E-state index in [0.717, 1.165) is 10.0 Å². The predicted molar refractivity (Wildman–Crippen MR) is 109 cm³/mol. The minimum absolute atomic E-state index is 0.00759. The molecule has 3 aliphatic heterocycles. The van der Waals surface area contributed by atoms with Crippen molar-refractivity contribution in [3.05, 3.63) is 35.9 Å². The van der Waals surface area contributed by atoms with Crippen molar-refractivity contribution in [3.63, 3.8) is 0 Å². The van der Waals surface area contributed by atoms with Gasteiger partial charge in [-0.1, -0.05) is 18.2 Å². The van der Waals surface area contributed by atoms with E-state index in [2.05, 4.69) is 10.7 Å². The normalized spacial score (nSPS) is 25.7. The lowest BCUT2D eigenvalue weighted by Crippen LogP contribution is -2.65. The lowest BCUT2D eigenvalue weighted by Gasteiger charge is -2.43. The number of carbonyl (C=O) groups excluding carboxylic acids is 5. The van der Waals surface area contributed by atoms with Crippen molar-refractivity contribution in [1.29, 1.82) is 0 Å². The number of amides is 5. The molecule has 0 bridgehead atoms. The molecule has 3 heterocycles. The van der Waals surface area contributed by atoms with Crippen molar-refractivity contribution < 1.29 is 28.7 Å². The number of hydrogen-bond acceptors (Lipinski definition) is 6. The maximum atomic E-state index is 13.3. The Balaban J connectivity index is 1.53. The summed E-state index contributed by atoms with van der Waals surface area (Å²) in [5.74, 6) is -1.67. The average Bonchev–Trinajstić information content (AvgIpc) is 3.05. The lowest BCUT2D eigenvalue weighted by atomic mass is 10.1. The van der Waals surface area contributed by atoms with Crippen LogP contribution in [-0.2, 0) is 19.1 Å². The van der Waals surface area contributed by atoms with Crippen LogP contribution in [0.5, 0.6) is 0 Å². The fraction of sp³-hybridized carbons (Fsp3) is 0.476. The van der Waals surface area contributed by atoms with Gasteiger partial charge in [0.2, 0.25) is 11.8 Å². The molecule has 3 fully saturated rings. The van der Waals surface area contributed by atoms with Crippen LogP contribution in [0.25, 0.3) is 0 Å². The number of rotatable bonds is 4. The molecule has 1 aromatic carbocycles. The number of carbonyl (C=O) groups is 5. The number of cyclic esters (lactones) is 1. The highest BCUT2D eigenvalue weighted by atomic mass is 16.6. The molecule has 4 rings (SSSR count). The van der Waals surface area contributed by atoms with Crippen LogP contribution in [0.3, 0.4) is 0 Å². The Hall–Kier alpha value is -3.63. The van der Waals surface area contributed by atoms with Gasteiger partial charge in [0.05, 0.1) is 19.0 Å². The number of hydrogen-bond donors (Lipinski definition) is 2. The average molecular weight is 443 g/mol. The summed E-state index contributed by atoms with van der Waals surface area (Å²) < 4.78 is 5.08. The molecule has 2 N–H and O–H groups in total. The van der Waals surface area contributed by atoms with E-state index in [1.807, 2.05) is 0 Å². The smallest absolute Gasteiger partial charge is 0.358 e. The van der Waals surface area contributed by atoms with Crippen LogP contribution in [0.2, 0.25) is 0 Å². The molecule has 0 spiro atoms. The minimum atomic E-state index is -0.947. The molecule has 1 aromatic rings. The monoisotopic (exact) mass is 443 g/mol. The zero-order valence-electron chi connectivity index (χ0n) is 17.7. The largest absolute Gasteiger partial charge is 0.460 e. The van der Waals surface area contributed by atoms with Crippen molar-refractivity contribution in [2.24, 2.45) is 0 Å². The molecular weight excluding hydrogens is 418 g/mol. The fourth-order valence-electron chi connectivity index (χ4n) is 4.12. The van der Waals surface area contributed by atoms with Crippen molar-refractivity contribution >= 4 is 29.7 Å². The van der Waals surface area contributed by atoms with Crippen LogP contribution in [0.4, 0.5) is 4.79 Å². The first kappa shape index (κ1) is 21.6. The van der Waals surface area contributed by atoms with Gasteiger partial charge in [0.25, 0.3) is 5.91 Å². The summed E-state index contributed by atoms with van der Waals surface area (Å²) in [6.07, 6.45) is 0.467. The molecule has 11 nitrogen and oxygen atoms in total. The molecule has 0 radical (unpaired) electrons. The number of ether oxygens (including phenoxy) is 1. The first-order valence-electron chi connectivity index (χ1n) is 10.6. The molecule has 0 aromatic heterocycles. The van der Waals surface area contributed by atoms with E-state index >= 15 is 0 Å². The SMILES string of the molecule is CC1OC(=O)C[C@@H]1NC(=O)[C@@H]1CCCN2C(=O)CCN(NC(=O)c3ccccc3)C(=O)N12. The van der Waals surface area contributed by atoms with Crippen LogP contribution in [0.15, 0.2) is 30.3 Å². The number of hydrazine groups is 2. The highest BCUT2D eigenvalue weighted by molar-refractivity contribution is 5.96. The van der Waals surface area contributed by atoms with Crippen LogP contribution < -0.4 is 10.7 Å². The summed E-state index contributed by atoms with van der Waals surface area (Å²) in [7, 11) is 0. The van der Waals surface area contributed by atoms with Gasteiger partial charge in [-0.3, -0.25) is 24.6 Å². The molecule has 3 aliphatic rings. The molecular formula is C21H25N5O6. The second-order valence-electron chi connectivity index (χ2n) is 8.02. The van der Waals surface area contributed by atoms with E-state index in [1.165, 1.54) is 5.01 Å². The van der Waals surface area contributed by atoms with Gasteiger partial charge in [0.1, 0.15) is 12.1 Å². The van der Waals surface area contributed by atoms with Gasteiger partial charge in [-0.05, 0) is 31.9 Å². The Labute approximate surface area is 184 Å². The number of esters is 1. The number of nitrogens with zero attached hydrogens (tertiary/aromatic N) is 3. The van der Waals surface area contributed by atoms with E-state index in [9.17, 15) is 24.0 Å². The van der Waals surface area contributed by atoms with Gasteiger partial charge in [0, 0.05) is 18.5 Å². The zero-order valence-corrected chi connectivity index (χ0v) is 17.7. The van der Waals surface area contributed by atoms with E-state index in [1.54, 1.807) is 37.3 Å². The second-order valence-corrected chi connectivity index (χ2v) is 8.02. The van der Waals surface area contributed by atoms with Crippen LogP contribution >= 0.6 is 0 Å². The van der Waals surface area contributed by atoms with E-state index in [-0.39, 0.29) is 25.3 Å². The Morgan fingerprint density at radius 1 is 1.09 bits per heavy atom. The predicted octanol–water partition coefficient (Wildman–Crippen LogP) is 0.185. The van der Waals surface area contributed by atoms with Gasteiger partial charge in [-0.15, -0.1) is 0 Å². The molecule has 1 unspecified atom stereocenters. The molecule has 32 heavy (non-hydrogen) atoms. The van der Waals surface area contributed by atoms with Gasteiger partial charge in [-0.25, -0.2) is 19.8 Å². The summed E-state index contributed by atoms with van der Waals surface area (Å²) >= 11 is 0. The molecule has 3 atom stereocenters. The summed E-state index contributed by atoms with van der Waals surface area (Å²) in [5.41, 5.74) is 2.91. The molecule has 0 saturated carbocycles. The van der Waals surface area contributed by atoms with Crippen molar-refractivity contribution in [1.82, 2.24) is 25.8 Å². The number of nitrogens with one attached hydrogen (secondary N) is 2. The quantitative estimate of drug-likeness (QED) is 0.639. The molecule has 11 heteroatoms. The fourth-order valence-corrected chi connectivity index (χ4v) is 4.12. The maximum Gasteiger partial charge on any atom is 0.358 e. The summed E-state index contributed by atoms with van der Waals surface area (Å²) in [5, 5.41) is 6.26. The highest BCUT2D eigenvalue weighted by Gasteiger charge is 2.45. The van der Waals surface area contributed by atoms with Gasteiger partial charge >= 0.3 is 12.0 Å². The van der Waals surface area contributed by atoms with Crippen LogP contribution in [0.1, 0.15) is 43.0 Å². The van der Waals surface area contributed by atoms with Crippen LogP contribution in [-0.4, -0.2) is 76.0 Å². The first-order chi connectivity index (χ1) is 15.3. The number of benzene rings is 1. The second kappa shape index (κ2) is 8.85. The van der Waals surface area contributed by atoms with Crippen molar-refractivity contribution in [3.8, 4) is 0 Å². The Morgan fingerprint density at radius 2 is 1.84 bits per heavy atom. The Bertz CT molecular complexity index is 938. The zero-order chi connectivity index (χ0) is 22.8. The van der Waals surface area contributed by atoms with E-state index in [4.69, 9.17) is 4.74 Å².